The van der Waals surface area contributed by atoms with Gasteiger partial charge in [0.2, 0.25) is 5.91 Å². The third kappa shape index (κ3) is 3.20. The van der Waals surface area contributed by atoms with Gasteiger partial charge in [-0.15, -0.1) is 0 Å². The molecular formula is C18H24N4O2. The van der Waals surface area contributed by atoms with Crippen molar-refractivity contribution in [2.24, 2.45) is 0 Å². The van der Waals surface area contributed by atoms with E-state index in [9.17, 15) is 4.79 Å². The maximum atomic E-state index is 12.4. The molecular weight excluding hydrogens is 304 g/mol. The molecule has 2 heterocycles. The van der Waals surface area contributed by atoms with Gasteiger partial charge in [0.1, 0.15) is 0 Å². The highest BCUT2D eigenvalue weighted by Gasteiger charge is 2.29. The van der Waals surface area contributed by atoms with Crippen LogP contribution in [0, 0.1) is 20.8 Å². The van der Waals surface area contributed by atoms with E-state index in [1.807, 2.05) is 11.6 Å². The number of benzene rings is 1. The van der Waals surface area contributed by atoms with Gasteiger partial charge in [-0.2, -0.15) is 5.10 Å². The predicted molar refractivity (Wildman–Crippen MR) is 93.6 cm³/mol. The molecule has 1 amide bonds. The van der Waals surface area contributed by atoms with E-state index >= 15 is 0 Å². The maximum absolute atomic E-state index is 12.4. The van der Waals surface area contributed by atoms with Crippen LogP contribution in [0.3, 0.4) is 0 Å². The lowest BCUT2D eigenvalue weighted by Gasteiger charge is -2.12. The number of carbonyl (C=O) groups is 1. The number of rotatable bonds is 4. The molecule has 0 unspecified atom stereocenters. The summed E-state index contributed by atoms with van der Waals surface area (Å²) in [7, 11) is 1.67. The Hall–Kier alpha value is -2.18. The second kappa shape index (κ2) is 6.75. The summed E-state index contributed by atoms with van der Waals surface area (Å²) >= 11 is 0. The highest BCUT2D eigenvalue weighted by Crippen LogP contribution is 2.22. The molecule has 1 aliphatic rings. The Labute approximate surface area is 142 Å². The SMILES string of the molecule is CO[C@H]1CN[C@@H](C(=O)Nc2cnn(-c3cc(C)ccc3C)c2C)C1. The minimum atomic E-state index is -0.224. The summed E-state index contributed by atoms with van der Waals surface area (Å²) in [6.07, 6.45) is 2.49. The van der Waals surface area contributed by atoms with Crippen molar-refractivity contribution in [2.75, 3.05) is 19.0 Å². The molecule has 6 nitrogen and oxygen atoms in total. The smallest absolute Gasteiger partial charge is 0.241 e. The zero-order chi connectivity index (χ0) is 17.3. The second-order valence-corrected chi connectivity index (χ2v) is 6.39. The van der Waals surface area contributed by atoms with Gasteiger partial charge in [-0.05, 0) is 44.4 Å². The van der Waals surface area contributed by atoms with Crippen LogP contribution in [0.25, 0.3) is 5.69 Å². The van der Waals surface area contributed by atoms with Gasteiger partial charge in [-0.25, -0.2) is 4.68 Å². The Kier molecular flexibility index (Phi) is 4.69. The highest BCUT2D eigenvalue weighted by atomic mass is 16.5. The lowest BCUT2D eigenvalue weighted by atomic mass is 10.1. The monoisotopic (exact) mass is 328 g/mol. The van der Waals surface area contributed by atoms with Crippen LogP contribution >= 0.6 is 0 Å². The summed E-state index contributed by atoms with van der Waals surface area (Å²) in [6, 6.07) is 6.04. The van der Waals surface area contributed by atoms with Gasteiger partial charge in [-0.3, -0.25) is 4.79 Å². The predicted octanol–water partition coefficient (Wildman–Crippen LogP) is 2.11. The third-order valence-corrected chi connectivity index (χ3v) is 4.60. The summed E-state index contributed by atoms with van der Waals surface area (Å²) < 4.78 is 7.17. The van der Waals surface area contributed by atoms with Gasteiger partial charge in [0.25, 0.3) is 0 Å². The van der Waals surface area contributed by atoms with Gasteiger partial charge >= 0.3 is 0 Å². The zero-order valence-electron chi connectivity index (χ0n) is 14.6. The van der Waals surface area contributed by atoms with E-state index in [-0.39, 0.29) is 18.1 Å². The standard InChI is InChI=1S/C18H24N4O2/c1-11-5-6-12(2)17(7-11)22-13(3)16(10-20-22)21-18(23)15-8-14(24-4)9-19-15/h5-7,10,14-15,19H,8-9H2,1-4H3,(H,21,23)/t14-,15-/m1/s1. The molecule has 6 heteroatoms. The average Bonchev–Trinajstić information content (AvgIpc) is 3.18. The van der Waals surface area contributed by atoms with E-state index in [1.165, 1.54) is 5.56 Å². The van der Waals surface area contributed by atoms with Gasteiger partial charge in [0.15, 0.2) is 0 Å². The summed E-state index contributed by atoms with van der Waals surface area (Å²) in [5.74, 6) is -0.0434. The van der Waals surface area contributed by atoms with Crippen LogP contribution in [-0.4, -0.2) is 41.5 Å². The Balaban J connectivity index is 1.78. The first-order valence-corrected chi connectivity index (χ1v) is 8.19. The van der Waals surface area contributed by atoms with Crippen molar-refractivity contribution in [3.05, 3.63) is 41.2 Å². The first-order chi connectivity index (χ1) is 11.5. The molecule has 1 fully saturated rings. The minimum absolute atomic E-state index is 0.0434. The van der Waals surface area contributed by atoms with Crippen LogP contribution < -0.4 is 10.6 Å². The summed E-state index contributed by atoms with van der Waals surface area (Å²) in [5, 5.41) is 10.6. The molecule has 3 rings (SSSR count). The van der Waals surface area contributed by atoms with Crippen molar-refractivity contribution in [2.45, 2.75) is 39.3 Å². The number of nitrogens with one attached hydrogen (secondary N) is 2. The number of carbonyl (C=O) groups excluding carboxylic acids is 1. The number of methoxy groups -OCH3 is 1. The molecule has 0 bridgehead atoms. The number of aromatic nitrogens is 2. The first-order valence-electron chi connectivity index (χ1n) is 8.19. The number of hydrogen-bond donors (Lipinski definition) is 2. The first kappa shape index (κ1) is 16.7. The highest BCUT2D eigenvalue weighted by molar-refractivity contribution is 5.95. The van der Waals surface area contributed by atoms with E-state index in [1.54, 1.807) is 13.3 Å². The fraction of sp³-hybridized carbons (Fsp3) is 0.444. The van der Waals surface area contributed by atoms with E-state index < -0.39 is 0 Å². The van der Waals surface area contributed by atoms with E-state index in [4.69, 9.17) is 4.74 Å². The Morgan fingerprint density at radius 1 is 1.38 bits per heavy atom. The molecule has 1 aromatic heterocycles. The number of amides is 1. The number of nitrogens with zero attached hydrogens (tertiary/aromatic N) is 2. The lowest BCUT2D eigenvalue weighted by Crippen LogP contribution is -2.35. The van der Waals surface area contributed by atoms with Crippen molar-refractivity contribution in [3.63, 3.8) is 0 Å². The van der Waals surface area contributed by atoms with Crippen molar-refractivity contribution in [3.8, 4) is 5.69 Å². The Bertz CT molecular complexity index is 753. The molecule has 1 aliphatic heterocycles. The Morgan fingerprint density at radius 2 is 2.17 bits per heavy atom. The topological polar surface area (TPSA) is 68.2 Å². The van der Waals surface area contributed by atoms with E-state index in [2.05, 4.69) is 47.8 Å². The molecule has 2 atom stereocenters. The number of ether oxygens (including phenoxy) is 1. The summed E-state index contributed by atoms with van der Waals surface area (Å²) in [6.45, 7) is 6.78. The number of anilines is 1. The molecule has 0 spiro atoms. The molecule has 2 N–H and O–H groups in total. The number of aryl methyl sites for hydroxylation is 2. The second-order valence-electron chi connectivity index (χ2n) is 6.39. The maximum Gasteiger partial charge on any atom is 0.241 e. The lowest BCUT2D eigenvalue weighted by molar-refractivity contribution is -0.118. The van der Waals surface area contributed by atoms with Gasteiger partial charge in [-0.1, -0.05) is 12.1 Å². The molecule has 1 saturated heterocycles. The van der Waals surface area contributed by atoms with E-state index in [0.29, 0.717) is 13.0 Å². The molecule has 0 radical (unpaired) electrons. The van der Waals surface area contributed by atoms with Gasteiger partial charge in [0, 0.05) is 13.7 Å². The van der Waals surface area contributed by atoms with Gasteiger partial charge in [0.05, 0.1) is 35.4 Å². The van der Waals surface area contributed by atoms with E-state index in [0.717, 1.165) is 22.6 Å². The van der Waals surface area contributed by atoms with Crippen LogP contribution in [0.4, 0.5) is 5.69 Å². The molecule has 128 valence electrons. The molecule has 2 aromatic rings. The van der Waals surface area contributed by atoms with Crippen LogP contribution in [0.5, 0.6) is 0 Å². The molecule has 24 heavy (non-hydrogen) atoms. The average molecular weight is 328 g/mol. The third-order valence-electron chi connectivity index (χ3n) is 4.60. The van der Waals surface area contributed by atoms with Crippen molar-refractivity contribution in [1.82, 2.24) is 15.1 Å². The van der Waals surface area contributed by atoms with Crippen LogP contribution in [0.1, 0.15) is 23.2 Å². The molecule has 0 saturated carbocycles. The fourth-order valence-corrected chi connectivity index (χ4v) is 3.03. The minimum Gasteiger partial charge on any atom is -0.380 e. The zero-order valence-corrected chi connectivity index (χ0v) is 14.6. The van der Waals surface area contributed by atoms with Crippen molar-refractivity contribution >= 4 is 11.6 Å². The van der Waals surface area contributed by atoms with Crippen LogP contribution in [0.2, 0.25) is 0 Å². The largest absolute Gasteiger partial charge is 0.380 e. The summed E-state index contributed by atoms with van der Waals surface area (Å²) in [5.41, 5.74) is 5.01. The quantitative estimate of drug-likeness (QED) is 0.902. The molecule has 0 aliphatic carbocycles. The van der Waals surface area contributed by atoms with Crippen LogP contribution in [-0.2, 0) is 9.53 Å². The Morgan fingerprint density at radius 3 is 2.88 bits per heavy atom. The fourth-order valence-electron chi connectivity index (χ4n) is 3.03. The molecule has 1 aromatic carbocycles. The van der Waals surface area contributed by atoms with Crippen molar-refractivity contribution in [1.29, 1.82) is 0 Å². The van der Waals surface area contributed by atoms with Crippen molar-refractivity contribution < 1.29 is 9.53 Å². The van der Waals surface area contributed by atoms with Gasteiger partial charge < -0.3 is 15.4 Å². The normalized spacial score (nSPS) is 20.3. The summed E-state index contributed by atoms with van der Waals surface area (Å²) in [4.78, 5) is 12.4. The van der Waals surface area contributed by atoms with Crippen LogP contribution in [0.15, 0.2) is 24.4 Å². The number of hydrogen-bond acceptors (Lipinski definition) is 4.